The van der Waals surface area contributed by atoms with Crippen LogP contribution in [-0.4, -0.2) is 18.2 Å². The fourth-order valence-electron chi connectivity index (χ4n) is 0.834. The summed E-state index contributed by atoms with van der Waals surface area (Å²) in [6, 6.07) is 0. The average molecular weight is 222 g/mol. The van der Waals surface area contributed by atoms with Crippen LogP contribution in [0.1, 0.15) is 26.7 Å². The normalized spacial score (nSPS) is 16.7. The van der Waals surface area contributed by atoms with Crippen LogP contribution in [0, 0.1) is 5.92 Å². The van der Waals surface area contributed by atoms with Crippen LogP contribution in [0.25, 0.3) is 0 Å². The van der Waals surface area contributed by atoms with Crippen molar-refractivity contribution in [3.8, 4) is 0 Å². The van der Waals surface area contributed by atoms with Gasteiger partial charge in [-0.1, -0.05) is 34.9 Å². The van der Waals surface area contributed by atoms with Crippen LogP contribution in [0.3, 0.4) is 0 Å². The number of oxime groups is 1. The molecule has 0 bridgehead atoms. The summed E-state index contributed by atoms with van der Waals surface area (Å²) in [7, 11) is 1.56. The van der Waals surface area contributed by atoms with Gasteiger partial charge in [0, 0.05) is 11.0 Å². The van der Waals surface area contributed by atoms with E-state index in [2.05, 4.69) is 39.8 Å². The molecule has 0 unspecified atom stereocenters. The number of halogens is 1. The van der Waals surface area contributed by atoms with Crippen molar-refractivity contribution in [3.05, 3.63) is 0 Å². The predicted molar refractivity (Wildman–Crippen MR) is 52.3 cm³/mol. The molecule has 0 amide bonds. The maximum Gasteiger partial charge on any atom is 0.106 e. The van der Waals surface area contributed by atoms with Crippen LogP contribution in [0.5, 0.6) is 0 Å². The fourth-order valence-corrected chi connectivity index (χ4v) is 1.05. The number of rotatable bonds is 5. The Morgan fingerprint density at radius 1 is 1.64 bits per heavy atom. The van der Waals surface area contributed by atoms with E-state index >= 15 is 0 Å². The van der Waals surface area contributed by atoms with Crippen molar-refractivity contribution in [1.29, 1.82) is 0 Å². The van der Waals surface area contributed by atoms with Gasteiger partial charge in [-0.05, 0) is 18.8 Å². The molecule has 0 rings (SSSR count). The number of hydrogen-bond donors (Lipinski definition) is 0. The molecule has 0 aromatic heterocycles. The van der Waals surface area contributed by atoms with Gasteiger partial charge in [-0.25, -0.2) is 0 Å². The molecule has 3 heteroatoms. The first kappa shape index (κ1) is 11.0. The van der Waals surface area contributed by atoms with E-state index in [1.807, 2.05) is 6.21 Å². The Hall–Kier alpha value is -0.0500. The summed E-state index contributed by atoms with van der Waals surface area (Å²) in [5.41, 5.74) is 0. The molecule has 0 spiro atoms. The van der Waals surface area contributed by atoms with E-state index in [0.717, 1.165) is 12.8 Å². The number of alkyl halides is 1. The molecular weight excluding hydrogens is 206 g/mol. The second-order valence-corrected chi connectivity index (χ2v) is 3.78. The highest BCUT2D eigenvalue weighted by Gasteiger charge is 2.09. The van der Waals surface area contributed by atoms with Crippen molar-refractivity contribution in [2.75, 3.05) is 7.11 Å². The Labute approximate surface area is 77.1 Å². The molecule has 0 heterocycles. The third-order valence-electron chi connectivity index (χ3n) is 1.66. The van der Waals surface area contributed by atoms with Crippen molar-refractivity contribution < 1.29 is 4.84 Å². The van der Waals surface area contributed by atoms with E-state index in [-0.39, 0.29) is 0 Å². The summed E-state index contributed by atoms with van der Waals surface area (Å²) in [5.74, 6) is 0.624. The van der Waals surface area contributed by atoms with Crippen LogP contribution in [0.15, 0.2) is 5.16 Å². The lowest BCUT2D eigenvalue weighted by Crippen LogP contribution is -2.09. The average Bonchev–Trinajstić information content (AvgIpc) is 2.03. The summed E-state index contributed by atoms with van der Waals surface area (Å²) in [5, 5.41) is 3.68. The zero-order valence-corrected chi connectivity index (χ0v) is 8.97. The molecule has 0 aliphatic heterocycles. The van der Waals surface area contributed by atoms with Crippen molar-refractivity contribution in [2.24, 2.45) is 11.1 Å². The fraction of sp³-hybridized carbons (Fsp3) is 0.875. The molecular formula is C8H16BrNO. The van der Waals surface area contributed by atoms with Crippen LogP contribution < -0.4 is 0 Å². The third-order valence-corrected chi connectivity index (χ3v) is 3.21. The Morgan fingerprint density at radius 3 is 2.73 bits per heavy atom. The van der Waals surface area contributed by atoms with Gasteiger partial charge >= 0.3 is 0 Å². The van der Waals surface area contributed by atoms with Crippen LogP contribution >= 0.6 is 15.9 Å². The summed E-state index contributed by atoms with van der Waals surface area (Å²) >= 11 is 3.59. The van der Waals surface area contributed by atoms with E-state index in [1.165, 1.54) is 0 Å². The minimum atomic E-state index is 0.589. The zero-order valence-electron chi connectivity index (χ0n) is 7.38. The van der Waals surface area contributed by atoms with Gasteiger partial charge in [0.15, 0.2) is 0 Å². The topological polar surface area (TPSA) is 21.6 Å². The van der Waals surface area contributed by atoms with Crippen molar-refractivity contribution in [3.63, 3.8) is 0 Å². The van der Waals surface area contributed by atoms with Crippen LogP contribution in [0.2, 0.25) is 0 Å². The van der Waals surface area contributed by atoms with Gasteiger partial charge in [0.05, 0.1) is 0 Å². The summed E-state index contributed by atoms with van der Waals surface area (Å²) in [6.07, 6.45) is 3.94. The second-order valence-electron chi connectivity index (χ2n) is 2.61. The van der Waals surface area contributed by atoms with Crippen molar-refractivity contribution in [1.82, 2.24) is 0 Å². The SMILES string of the molecule is CC[C@H](Br)[C@@H](C)CC=NOC. The second kappa shape index (κ2) is 6.65. The monoisotopic (exact) mass is 221 g/mol. The maximum absolute atomic E-state index is 4.56. The molecule has 0 aromatic carbocycles. The van der Waals surface area contributed by atoms with E-state index in [9.17, 15) is 0 Å². The predicted octanol–water partition coefficient (Wildman–Crippen LogP) is 2.82. The van der Waals surface area contributed by atoms with E-state index in [0.29, 0.717) is 10.7 Å². The first-order chi connectivity index (χ1) is 5.22. The Bertz CT molecular complexity index is 117. The van der Waals surface area contributed by atoms with E-state index in [4.69, 9.17) is 0 Å². The Balaban J connectivity index is 3.50. The molecule has 0 aromatic rings. The minimum Gasteiger partial charge on any atom is -0.399 e. The molecule has 0 aliphatic rings. The van der Waals surface area contributed by atoms with Gasteiger partial charge in [-0.2, -0.15) is 0 Å². The van der Waals surface area contributed by atoms with E-state index in [1.54, 1.807) is 7.11 Å². The minimum absolute atomic E-state index is 0.589. The first-order valence-corrected chi connectivity index (χ1v) is 4.83. The van der Waals surface area contributed by atoms with E-state index < -0.39 is 0 Å². The van der Waals surface area contributed by atoms with Crippen molar-refractivity contribution in [2.45, 2.75) is 31.5 Å². The molecule has 2 nitrogen and oxygen atoms in total. The lowest BCUT2D eigenvalue weighted by Gasteiger charge is -2.13. The maximum atomic E-state index is 4.56. The highest BCUT2D eigenvalue weighted by atomic mass is 79.9. The third kappa shape index (κ3) is 5.24. The summed E-state index contributed by atoms with van der Waals surface area (Å²) in [6.45, 7) is 4.37. The van der Waals surface area contributed by atoms with Gasteiger partial charge in [-0.15, -0.1) is 0 Å². The quantitative estimate of drug-likeness (QED) is 0.398. The molecule has 0 aliphatic carbocycles. The number of nitrogens with zero attached hydrogens (tertiary/aromatic N) is 1. The lowest BCUT2D eigenvalue weighted by molar-refractivity contribution is 0.214. The van der Waals surface area contributed by atoms with Crippen LogP contribution in [-0.2, 0) is 4.84 Å². The smallest absolute Gasteiger partial charge is 0.106 e. The highest BCUT2D eigenvalue weighted by molar-refractivity contribution is 9.09. The van der Waals surface area contributed by atoms with Crippen molar-refractivity contribution >= 4 is 22.1 Å². The first-order valence-electron chi connectivity index (χ1n) is 3.91. The largest absolute Gasteiger partial charge is 0.399 e. The standard InChI is InChI=1S/C8H16BrNO/c1-4-8(9)7(2)5-6-10-11-3/h6-8H,4-5H2,1-3H3/t7-,8-/m0/s1. The Morgan fingerprint density at radius 2 is 2.27 bits per heavy atom. The molecule has 11 heavy (non-hydrogen) atoms. The molecule has 0 radical (unpaired) electrons. The molecule has 0 N–H and O–H groups in total. The lowest BCUT2D eigenvalue weighted by atomic mass is 10.0. The van der Waals surface area contributed by atoms with Gasteiger partial charge in [0.2, 0.25) is 0 Å². The molecule has 66 valence electrons. The van der Waals surface area contributed by atoms with Gasteiger partial charge in [-0.3, -0.25) is 0 Å². The van der Waals surface area contributed by atoms with Gasteiger partial charge < -0.3 is 4.84 Å². The molecule has 2 atom stereocenters. The molecule has 0 fully saturated rings. The summed E-state index contributed by atoms with van der Waals surface area (Å²) < 4.78 is 0. The van der Waals surface area contributed by atoms with Crippen LogP contribution in [0.4, 0.5) is 0 Å². The van der Waals surface area contributed by atoms with Gasteiger partial charge in [0.1, 0.15) is 7.11 Å². The van der Waals surface area contributed by atoms with Gasteiger partial charge in [0.25, 0.3) is 0 Å². The summed E-state index contributed by atoms with van der Waals surface area (Å²) in [4.78, 5) is 5.15. The highest BCUT2D eigenvalue weighted by Crippen LogP contribution is 2.18. The number of hydrogen-bond acceptors (Lipinski definition) is 2. The zero-order chi connectivity index (χ0) is 8.69. The molecule has 0 saturated heterocycles. The Kier molecular flexibility index (Phi) is 6.62. The molecule has 0 saturated carbocycles.